The van der Waals surface area contributed by atoms with Gasteiger partial charge in [-0.15, -0.1) is 11.3 Å². The first-order valence-corrected chi connectivity index (χ1v) is 10.0. The Hall–Kier alpha value is -2.14. The third-order valence-electron chi connectivity index (χ3n) is 3.69. The second-order valence-electron chi connectivity index (χ2n) is 5.61. The van der Waals surface area contributed by atoms with Gasteiger partial charge in [-0.2, -0.15) is 13.2 Å². The highest BCUT2D eigenvalue weighted by Crippen LogP contribution is 2.31. The van der Waals surface area contributed by atoms with Gasteiger partial charge in [0, 0.05) is 22.4 Å². The molecule has 1 atom stereocenters. The van der Waals surface area contributed by atoms with Gasteiger partial charge in [-0.1, -0.05) is 6.07 Å². The third-order valence-corrected chi connectivity index (χ3v) is 6.15. The van der Waals surface area contributed by atoms with Crippen molar-refractivity contribution in [1.29, 1.82) is 0 Å². The zero-order chi connectivity index (χ0) is 19.7. The van der Waals surface area contributed by atoms with Crippen LogP contribution in [-0.4, -0.2) is 20.1 Å². The SMILES string of the molecule is O=S(=O)(NCC(O)c1cc(-c2ccco2)cs1)c1cccc(C(F)(F)F)c1. The minimum absolute atomic E-state index is 0.378. The molecular formula is C17H14F3NO4S2. The first kappa shape index (κ1) is 19.6. The van der Waals surface area contributed by atoms with Crippen molar-refractivity contribution in [1.82, 2.24) is 4.72 Å². The maximum atomic E-state index is 12.7. The number of hydrogen-bond donors (Lipinski definition) is 2. The van der Waals surface area contributed by atoms with Crippen LogP contribution in [-0.2, 0) is 16.2 Å². The standard InChI is InChI=1S/C17H14F3NO4S2/c18-17(19,20)12-3-1-4-13(8-12)27(23,24)21-9-14(22)16-7-11(10-26-16)15-5-2-6-25-15/h1-8,10,14,21-22H,9H2. The van der Waals surface area contributed by atoms with Crippen molar-refractivity contribution < 1.29 is 31.1 Å². The van der Waals surface area contributed by atoms with Crippen LogP contribution < -0.4 is 4.72 Å². The molecule has 0 aliphatic rings. The van der Waals surface area contributed by atoms with E-state index in [9.17, 15) is 26.7 Å². The van der Waals surface area contributed by atoms with E-state index < -0.39 is 32.8 Å². The van der Waals surface area contributed by atoms with Crippen molar-refractivity contribution in [2.24, 2.45) is 0 Å². The average Bonchev–Trinajstić information content (AvgIpc) is 3.30. The molecule has 0 saturated heterocycles. The van der Waals surface area contributed by atoms with Crippen LogP contribution >= 0.6 is 11.3 Å². The van der Waals surface area contributed by atoms with Gasteiger partial charge in [-0.25, -0.2) is 13.1 Å². The van der Waals surface area contributed by atoms with Gasteiger partial charge in [-0.05, 0) is 36.4 Å². The maximum absolute atomic E-state index is 12.7. The Morgan fingerprint density at radius 2 is 1.96 bits per heavy atom. The highest BCUT2D eigenvalue weighted by atomic mass is 32.2. The molecule has 0 amide bonds. The van der Waals surface area contributed by atoms with Crippen LogP contribution in [0.2, 0.25) is 0 Å². The number of rotatable bonds is 6. The number of aliphatic hydroxyl groups excluding tert-OH is 1. The lowest BCUT2D eigenvalue weighted by atomic mass is 10.2. The van der Waals surface area contributed by atoms with Crippen molar-refractivity contribution in [3.05, 3.63) is 64.5 Å². The van der Waals surface area contributed by atoms with Gasteiger partial charge in [0.25, 0.3) is 0 Å². The second-order valence-corrected chi connectivity index (χ2v) is 8.32. The maximum Gasteiger partial charge on any atom is 0.416 e. The molecule has 2 N–H and O–H groups in total. The molecule has 0 bridgehead atoms. The highest BCUT2D eigenvalue weighted by molar-refractivity contribution is 7.89. The fraction of sp³-hybridized carbons (Fsp3) is 0.176. The van der Waals surface area contributed by atoms with Crippen LogP contribution in [0.15, 0.2) is 63.4 Å². The Bertz CT molecular complexity index is 1010. The number of halogens is 3. The van der Waals surface area contributed by atoms with Gasteiger partial charge >= 0.3 is 6.18 Å². The van der Waals surface area contributed by atoms with Crippen molar-refractivity contribution >= 4 is 21.4 Å². The topological polar surface area (TPSA) is 79.5 Å². The molecule has 5 nitrogen and oxygen atoms in total. The zero-order valence-electron chi connectivity index (χ0n) is 13.6. The third kappa shape index (κ3) is 4.59. The molecule has 0 aliphatic heterocycles. The summed E-state index contributed by atoms with van der Waals surface area (Å²) in [7, 11) is -4.21. The van der Waals surface area contributed by atoms with Crippen molar-refractivity contribution in [3.63, 3.8) is 0 Å². The zero-order valence-corrected chi connectivity index (χ0v) is 15.2. The van der Waals surface area contributed by atoms with Crippen molar-refractivity contribution in [2.45, 2.75) is 17.2 Å². The molecule has 0 aliphatic carbocycles. The normalized spacial score (nSPS) is 13.6. The molecular weight excluding hydrogens is 403 g/mol. The minimum Gasteiger partial charge on any atom is -0.464 e. The molecule has 27 heavy (non-hydrogen) atoms. The second kappa shape index (κ2) is 7.47. The number of hydrogen-bond acceptors (Lipinski definition) is 5. The molecule has 2 heterocycles. The quantitative estimate of drug-likeness (QED) is 0.635. The van der Waals surface area contributed by atoms with Gasteiger partial charge < -0.3 is 9.52 Å². The number of furan rings is 1. The summed E-state index contributed by atoms with van der Waals surface area (Å²) in [5.41, 5.74) is -0.327. The Morgan fingerprint density at radius 1 is 1.19 bits per heavy atom. The van der Waals surface area contributed by atoms with Crippen LogP contribution in [0.4, 0.5) is 13.2 Å². The smallest absolute Gasteiger partial charge is 0.416 e. The van der Waals surface area contributed by atoms with E-state index in [1.807, 2.05) is 0 Å². The molecule has 3 rings (SSSR count). The first-order valence-electron chi connectivity index (χ1n) is 7.64. The van der Waals surface area contributed by atoms with Crippen LogP contribution in [0.25, 0.3) is 11.3 Å². The van der Waals surface area contributed by atoms with Gasteiger partial charge in [0.2, 0.25) is 10.0 Å². The van der Waals surface area contributed by atoms with E-state index in [-0.39, 0.29) is 6.54 Å². The molecule has 0 radical (unpaired) electrons. The number of nitrogens with one attached hydrogen (secondary N) is 1. The van der Waals surface area contributed by atoms with E-state index in [1.54, 1.807) is 23.6 Å². The Morgan fingerprint density at radius 3 is 2.63 bits per heavy atom. The Kier molecular flexibility index (Phi) is 5.43. The minimum atomic E-state index is -4.65. The van der Waals surface area contributed by atoms with Crippen LogP contribution in [0, 0.1) is 0 Å². The largest absolute Gasteiger partial charge is 0.464 e. The Labute approximate surface area is 157 Å². The summed E-state index contributed by atoms with van der Waals surface area (Å²) < 4.78 is 70.1. The molecule has 0 fully saturated rings. The van der Waals surface area contributed by atoms with Gasteiger partial charge in [0.1, 0.15) is 11.9 Å². The first-order chi connectivity index (χ1) is 12.7. The molecule has 1 aromatic carbocycles. The summed E-state index contributed by atoms with van der Waals surface area (Å²) in [4.78, 5) is -0.0277. The molecule has 144 valence electrons. The van der Waals surface area contributed by atoms with E-state index >= 15 is 0 Å². The van der Waals surface area contributed by atoms with Gasteiger partial charge in [-0.3, -0.25) is 0 Å². The van der Waals surface area contributed by atoms with Gasteiger partial charge in [0.05, 0.1) is 16.7 Å². The highest BCUT2D eigenvalue weighted by Gasteiger charge is 2.31. The molecule has 1 unspecified atom stereocenters. The van der Waals surface area contributed by atoms with E-state index in [0.717, 1.165) is 23.8 Å². The van der Waals surface area contributed by atoms with E-state index in [4.69, 9.17) is 4.42 Å². The van der Waals surface area contributed by atoms with E-state index in [2.05, 4.69) is 4.72 Å². The average molecular weight is 417 g/mol. The molecule has 0 spiro atoms. The molecule has 0 saturated carbocycles. The summed E-state index contributed by atoms with van der Waals surface area (Å²) in [5, 5.41) is 11.9. The van der Waals surface area contributed by atoms with E-state index in [0.29, 0.717) is 16.7 Å². The lowest BCUT2D eigenvalue weighted by Crippen LogP contribution is -2.28. The monoisotopic (exact) mass is 417 g/mol. The van der Waals surface area contributed by atoms with Crippen molar-refractivity contribution in [3.8, 4) is 11.3 Å². The summed E-state index contributed by atoms with van der Waals surface area (Å²) in [5.74, 6) is 0.606. The van der Waals surface area contributed by atoms with Crippen molar-refractivity contribution in [2.75, 3.05) is 6.54 Å². The summed E-state index contributed by atoms with van der Waals surface area (Å²) in [6.07, 6.45) is -4.30. The number of thiophene rings is 1. The number of aliphatic hydroxyl groups is 1. The predicted octanol–water partition coefficient (Wildman–Crippen LogP) is 4.04. The molecule has 3 aromatic rings. The number of alkyl halides is 3. The van der Waals surface area contributed by atoms with E-state index in [1.165, 1.54) is 17.6 Å². The van der Waals surface area contributed by atoms with Crippen LogP contribution in [0.3, 0.4) is 0 Å². The molecule has 10 heteroatoms. The van der Waals surface area contributed by atoms with Crippen LogP contribution in [0.1, 0.15) is 16.5 Å². The Balaban J connectivity index is 1.70. The lowest BCUT2D eigenvalue weighted by molar-refractivity contribution is -0.137. The fourth-order valence-corrected chi connectivity index (χ4v) is 4.28. The lowest BCUT2D eigenvalue weighted by Gasteiger charge is -2.12. The van der Waals surface area contributed by atoms with Gasteiger partial charge in [0.15, 0.2) is 0 Å². The fourth-order valence-electron chi connectivity index (χ4n) is 2.31. The summed E-state index contributed by atoms with van der Waals surface area (Å²) >= 11 is 1.21. The number of benzene rings is 1. The predicted molar refractivity (Wildman–Crippen MR) is 93.6 cm³/mol. The number of sulfonamides is 1. The van der Waals surface area contributed by atoms with Crippen LogP contribution in [0.5, 0.6) is 0 Å². The summed E-state index contributed by atoms with van der Waals surface area (Å²) in [6.45, 7) is -0.378. The molecule has 2 aromatic heterocycles. The summed E-state index contributed by atoms with van der Waals surface area (Å²) in [6, 6.07) is 8.53.